The molecule has 3 aliphatic rings. The predicted molar refractivity (Wildman–Crippen MR) is 167 cm³/mol. The zero-order chi connectivity index (χ0) is 26.4. The molecule has 3 heteroatoms. The lowest BCUT2D eigenvalue weighted by Crippen LogP contribution is -2.47. The van der Waals surface area contributed by atoms with Crippen LogP contribution in [0.4, 0.5) is 0 Å². The van der Waals surface area contributed by atoms with Crippen LogP contribution in [0.15, 0.2) is 120 Å². The van der Waals surface area contributed by atoms with Gasteiger partial charge >= 0.3 is 0 Å². The van der Waals surface area contributed by atoms with E-state index in [1.54, 1.807) is 0 Å². The van der Waals surface area contributed by atoms with Crippen molar-refractivity contribution in [2.45, 2.75) is 13.1 Å². The first-order valence-corrected chi connectivity index (χ1v) is 16.8. The molecule has 0 aliphatic carbocycles. The largest absolute Gasteiger partial charge is 0.350 e. The van der Waals surface area contributed by atoms with Crippen LogP contribution in [0.2, 0.25) is 13.1 Å². The molecule has 0 fully saturated rings. The molecule has 0 spiro atoms. The van der Waals surface area contributed by atoms with Gasteiger partial charge in [-0.25, -0.2) is 0 Å². The molecule has 190 valence electrons. The van der Waals surface area contributed by atoms with Crippen LogP contribution >= 0.6 is 0 Å². The van der Waals surface area contributed by atoms with E-state index >= 15 is 0 Å². The highest BCUT2D eigenvalue weighted by atomic mass is 28.3. The zero-order valence-corrected chi connectivity index (χ0v) is 23.5. The number of hydrogen-bond acceptors (Lipinski definition) is 2. The third-order valence-electron chi connectivity index (χ3n) is 8.20. The molecule has 0 aromatic heterocycles. The van der Waals surface area contributed by atoms with Gasteiger partial charge in [-0.2, -0.15) is 0 Å². The van der Waals surface area contributed by atoms with Gasteiger partial charge in [-0.1, -0.05) is 134 Å². The summed E-state index contributed by atoms with van der Waals surface area (Å²) in [6, 6.07) is 39.6. The van der Waals surface area contributed by atoms with Crippen molar-refractivity contribution < 1.29 is 0 Å². The Morgan fingerprint density at radius 1 is 0.462 bits per heavy atom. The third-order valence-corrected chi connectivity index (χ3v) is 11.6. The number of benzene rings is 4. The van der Waals surface area contributed by atoms with Crippen LogP contribution in [0.3, 0.4) is 0 Å². The summed E-state index contributed by atoms with van der Waals surface area (Å²) in [4.78, 5) is 5.10. The summed E-state index contributed by atoms with van der Waals surface area (Å²) in [6.45, 7) is 6.85. The van der Waals surface area contributed by atoms with Gasteiger partial charge in [0.1, 0.15) is 0 Å². The third kappa shape index (κ3) is 4.01. The molecular weight excluding hydrogens is 488 g/mol. The van der Waals surface area contributed by atoms with Gasteiger partial charge < -0.3 is 9.80 Å². The number of nitrogens with zero attached hydrogens (tertiary/aromatic N) is 2. The second-order valence-electron chi connectivity index (χ2n) is 11.0. The van der Waals surface area contributed by atoms with Crippen molar-refractivity contribution in [3.8, 4) is 0 Å². The minimum Gasteiger partial charge on any atom is -0.350 e. The van der Waals surface area contributed by atoms with Crippen molar-refractivity contribution in [1.29, 1.82) is 0 Å². The quantitative estimate of drug-likeness (QED) is 0.361. The summed E-state index contributed by atoms with van der Waals surface area (Å²) in [5.74, 6) is 0. The molecule has 0 radical (unpaired) electrons. The molecule has 0 bridgehead atoms. The van der Waals surface area contributed by atoms with Gasteiger partial charge in [0.15, 0.2) is 8.07 Å². The average Bonchev–Trinajstić information content (AvgIpc) is 3.24. The minimum atomic E-state index is -2.20. The van der Waals surface area contributed by atoms with E-state index in [9.17, 15) is 0 Å². The molecule has 0 saturated carbocycles. The van der Waals surface area contributed by atoms with E-state index in [4.69, 9.17) is 0 Å². The van der Waals surface area contributed by atoms with Gasteiger partial charge in [-0.15, -0.1) is 0 Å². The van der Waals surface area contributed by atoms with E-state index in [0.717, 1.165) is 13.1 Å². The van der Waals surface area contributed by atoms with Gasteiger partial charge in [0, 0.05) is 47.3 Å². The zero-order valence-electron chi connectivity index (χ0n) is 22.5. The topological polar surface area (TPSA) is 6.48 Å². The number of rotatable bonds is 4. The summed E-state index contributed by atoms with van der Waals surface area (Å²) in [5.41, 5.74) is 5.33. The van der Waals surface area contributed by atoms with Crippen LogP contribution in [0, 0.1) is 0 Å². The van der Waals surface area contributed by atoms with Gasteiger partial charge in [0.25, 0.3) is 0 Å². The molecule has 39 heavy (non-hydrogen) atoms. The van der Waals surface area contributed by atoms with Gasteiger partial charge in [0.05, 0.1) is 0 Å². The van der Waals surface area contributed by atoms with E-state index < -0.39 is 8.07 Å². The van der Waals surface area contributed by atoms with Crippen LogP contribution in [0.5, 0.6) is 0 Å². The Balaban J connectivity index is 1.52. The fourth-order valence-corrected chi connectivity index (χ4v) is 10.3. The molecule has 0 saturated heterocycles. The molecule has 4 aromatic carbocycles. The molecule has 0 unspecified atom stereocenters. The lowest BCUT2D eigenvalue weighted by atomic mass is 9.93. The maximum Gasteiger partial charge on any atom is 0.154 e. The molecule has 4 aromatic rings. The first-order valence-electron chi connectivity index (χ1n) is 13.8. The van der Waals surface area contributed by atoms with E-state index in [-0.39, 0.29) is 0 Å². The molecule has 0 amide bonds. The molecule has 2 nitrogen and oxygen atoms in total. The fourth-order valence-electron chi connectivity index (χ4n) is 6.53. The van der Waals surface area contributed by atoms with Gasteiger partial charge in [0.2, 0.25) is 0 Å². The summed E-state index contributed by atoms with van der Waals surface area (Å²) in [6.07, 6.45) is 9.53. The van der Waals surface area contributed by atoms with Gasteiger partial charge in [-0.3, -0.25) is 0 Å². The Morgan fingerprint density at radius 2 is 0.821 bits per heavy atom. The van der Waals surface area contributed by atoms with Crippen molar-refractivity contribution >= 4 is 43.8 Å². The highest BCUT2D eigenvalue weighted by Crippen LogP contribution is 2.51. The van der Waals surface area contributed by atoms with E-state index in [1.165, 1.54) is 53.8 Å². The summed E-state index contributed by atoms with van der Waals surface area (Å²) >= 11 is 0. The van der Waals surface area contributed by atoms with E-state index in [1.807, 2.05) is 0 Å². The second kappa shape index (κ2) is 9.44. The molecule has 3 heterocycles. The van der Waals surface area contributed by atoms with E-state index in [0.29, 0.717) is 0 Å². The van der Waals surface area contributed by atoms with Crippen molar-refractivity contribution in [2.24, 2.45) is 0 Å². The SMILES string of the molecule is C[Si]1(C)C(N2C=c3ccccc3=CC2)=C(c2ccccc2)C(c2ccccc2)=C1N1C=c2ccccc2=CC1. The maximum absolute atomic E-state index is 2.55. The standard InChI is InChI=1S/C36H32N2Si/c1-39(2)35(37-23-21-27-13-9-11-19-31(27)25-37)33(29-15-5-3-6-16-29)34(30-17-7-4-8-18-30)36(39)38-24-22-28-14-10-12-20-32(28)26-38/h3-22,25-26H,23-24H2,1-2H3. The monoisotopic (exact) mass is 520 g/mol. The predicted octanol–water partition coefficient (Wildman–Crippen LogP) is 4.68. The summed E-state index contributed by atoms with van der Waals surface area (Å²) in [5, 5.41) is 8.19. The summed E-state index contributed by atoms with van der Waals surface area (Å²) in [7, 11) is -2.20. The van der Waals surface area contributed by atoms with Crippen molar-refractivity contribution in [3.05, 3.63) is 152 Å². The van der Waals surface area contributed by atoms with Crippen LogP contribution in [0.25, 0.3) is 35.7 Å². The van der Waals surface area contributed by atoms with Crippen molar-refractivity contribution in [3.63, 3.8) is 0 Å². The van der Waals surface area contributed by atoms with Crippen molar-refractivity contribution in [2.75, 3.05) is 13.1 Å². The van der Waals surface area contributed by atoms with Gasteiger partial charge in [-0.05, 0) is 32.0 Å². The molecule has 0 N–H and O–H groups in total. The Morgan fingerprint density at radius 3 is 1.23 bits per heavy atom. The van der Waals surface area contributed by atoms with E-state index in [2.05, 4.69) is 157 Å². The Labute approximate surface area is 231 Å². The Bertz CT molecular complexity index is 1740. The minimum absolute atomic E-state index is 0.882. The lowest BCUT2D eigenvalue weighted by Gasteiger charge is -2.37. The van der Waals surface area contributed by atoms with Crippen LogP contribution in [-0.2, 0) is 0 Å². The first kappa shape index (κ1) is 23.8. The second-order valence-corrected chi connectivity index (χ2v) is 15.2. The average molecular weight is 521 g/mol. The highest BCUT2D eigenvalue weighted by molar-refractivity contribution is 6.94. The number of fused-ring (bicyclic) bond motifs is 2. The smallest absolute Gasteiger partial charge is 0.154 e. The number of allylic oxidation sites excluding steroid dienone is 2. The fraction of sp³-hybridized carbons (Fsp3) is 0.111. The highest BCUT2D eigenvalue weighted by Gasteiger charge is 2.47. The van der Waals surface area contributed by atoms with Crippen LogP contribution in [-0.4, -0.2) is 31.0 Å². The molecule has 7 rings (SSSR count). The summed E-state index contributed by atoms with van der Waals surface area (Å²) < 4.78 is 0. The van der Waals surface area contributed by atoms with Crippen LogP contribution in [0.1, 0.15) is 11.1 Å². The molecule has 0 atom stereocenters. The molecular formula is C36H32N2Si. The maximum atomic E-state index is 2.55. The lowest BCUT2D eigenvalue weighted by molar-refractivity contribution is 0.584. The Hall–Kier alpha value is -4.34. The number of hydrogen-bond donors (Lipinski definition) is 0. The molecule has 3 aliphatic heterocycles. The van der Waals surface area contributed by atoms with Crippen molar-refractivity contribution in [1.82, 2.24) is 9.80 Å². The van der Waals surface area contributed by atoms with Crippen LogP contribution < -0.4 is 20.9 Å². The normalized spacial score (nSPS) is 17.5. The first-order chi connectivity index (χ1) is 19.1. The Kier molecular flexibility index (Phi) is 5.75.